The van der Waals surface area contributed by atoms with Gasteiger partial charge in [-0.05, 0) is 116 Å². The van der Waals surface area contributed by atoms with Gasteiger partial charge < -0.3 is 14.6 Å². The molecule has 350 valence electrons. The van der Waals surface area contributed by atoms with Crippen LogP contribution in [-0.4, -0.2) is 89.1 Å². The van der Waals surface area contributed by atoms with Crippen molar-refractivity contribution < 1.29 is 27.1 Å². The number of piperazine rings is 1. The molecule has 2 fully saturated rings. The number of amides is 1. The van der Waals surface area contributed by atoms with Crippen LogP contribution in [-0.2, 0) is 26.2 Å². The number of pyridine rings is 1. The summed E-state index contributed by atoms with van der Waals surface area (Å²) in [4.78, 5) is 37.6. The van der Waals surface area contributed by atoms with E-state index < -0.39 is 35.5 Å². The highest BCUT2D eigenvalue weighted by Crippen LogP contribution is 2.44. The fourth-order valence-corrected chi connectivity index (χ4v) is 13.0. The van der Waals surface area contributed by atoms with Crippen molar-refractivity contribution in [3.8, 4) is 11.5 Å². The van der Waals surface area contributed by atoms with Crippen LogP contribution in [0.15, 0.2) is 100 Å². The highest BCUT2D eigenvalue weighted by atomic mass is 35.5. The number of sulfonamides is 1. The summed E-state index contributed by atoms with van der Waals surface area (Å²) in [5.74, 6) is 0.752. The van der Waals surface area contributed by atoms with Gasteiger partial charge in [-0.1, -0.05) is 56.1 Å². The standard InChI is InChI=1S/C49H58ClN7O7S2/c1-5-53-65(61)24-16-34(17-25-65)33(2)26-36-8-12-42(29-45(36)57(59)60)66(62,63)54-48(58)43-13-11-40(28-46(43)64-41-27-37-15-19-51-47(37)52-31-41)56-22-20-55(21-23-56)32-38-14-18-49(3,4)30-44(38)35-6-9-39(50)10-7-35/h6-13,15,19,27-29,31,33-34H,5,14,16-18,20-26,30,32H2,1-4H3,(H,51,52)(H,54,58). The van der Waals surface area contributed by atoms with Crippen molar-refractivity contribution in [1.29, 1.82) is 0 Å². The number of nitrogens with zero attached hydrogens (tertiary/aromatic N) is 5. The van der Waals surface area contributed by atoms with E-state index in [1.54, 1.807) is 30.5 Å². The number of anilines is 1. The molecule has 2 aliphatic heterocycles. The third-order valence-corrected chi connectivity index (χ3v) is 17.5. The SMILES string of the molecule is CCN=S1(=O)CCC(C(C)Cc2ccc(S(=O)(=O)NC(=O)c3ccc(N4CCN(CC5=C(c6ccc(Cl)cc6)CC(C)(C)CC5)CC4)cc3Oc3cnc4[nH]ccc4c3)cc2[N+](=O)[O-])CC1. The lowest BCUT2D eigenvalue weighted by Crippen LogP contribution is -2.47. The smallest absolute Gasteiger partial charge is 0.273 e. The maximum atomic E-state index is 14.0. The van der Waals surface area contributed by atoms with Gasteiger partial charge in [-0.2, -0.15) is 0 Å². The lowest BCUT2D eigenvalue weighted by atomic mass is 9.72. The molecule has 1 atom stereocenters. The number of ether oxygens (including phenoxy) is 1. The zero-order valence-electron chi connectivity index (χ0n) is 37.9. The Labute approximate surface area is 392 Å². The molecule has 0 radical (unpaired) electrons. The first kappa shape index (κ1) is 47.2. The number of benzene rings is 3. The van der Waals surface area contributed by atoms with E-state index >= 15 is 0 Å². The molecule has 66 heavy (non-hydrogen) atoms. The fourth-order valence-electron chi connectivity index (χ4n) is 9.63. The molecule has 5 aromatic rings. The molecule has 1 unspecified atom stereocenters. The van der Waals surface area contributed by atoms with E-state index in [-0.39, 0.29) is 34.3 Å². The molecule has 0 saturated carbocycles. The van der Waals surface area contributed by atoms with Gasteiger partial charge in [0.25, 0.3) is 21.6 Å². The Kier molecular flexibility index (Phi) is 14.0. The molecule has 3 aromatic carbocycles. The zero-order chi connectivity index (χ0) is 46.8. The van der Waals surface area contributed by atoms with E-state index in [9.17, 15) is 27.5 Å². The van der Waals surface area contributed by atoms with Crippen LogP contribution < -0.4 is 14.4 Å². The maximum Gasteiger partial charge on any atom is 0.273 e. The van der Waals surface area contributed by atoms with Gasteiger partial charge in [0.2, 0.25) is 0 Å². The van der Waals surface area contributed by atoms with Crippen molar-refractivity contribution in [1.82, 2.24) is 19.6 Å². The molecule has 1 amide bonds. The van der Waals surface area contributed by atoms with Gasteiger partial charge in [0.15, 0.2) is 0 Å². The van der Waals surface area contributed by atoms with Gasteiger partial charge in [0.1, 0.15) is 17.1 Å². The number of carbonyl (C=O) groups is 1. The van der Waals surface area contributed by atoms with Crippen molar-refractivity contribution >= 4 is 65.2 Å². The number of nitro benzene ring substituents is 1. The second-order valence-electron chi connectivity index (χ2n) is 18.7. The summed E-state index contributed by atoms with van der Waals surface area (Å²) in [5, 5.41) is 13.9. The molecule has 2 aromatic heterocycles. The Bertz CT molecular complexity index is 2890. The minimum absolute atomic E-state index is 0.0239. The van der Waals surface area contributed by atoms with E-state index in [2.05, 4.69) is 54.8 Å². The summed E-state index contributed by atoms with van der Waals surface area (Å²) in [6, 6.07) is 20.6. The molecular formula is C49H58ClN7O7S2. The first-order chi connectivity index (χ1) is 31.5. The minimum Gasteiger partial charge on any atom is -0.455 e. The van der Waals surface area contributed by atoms with Crippen molar-refractivity contribution in [2.75, 3.05) is 55.7 Å². The van der Waals surface area contributed by atoms with E-state index in [1.807, 2.05) is 32.0 Å². The minimum atomic E-state index is -4.58. The number of aromatic nitrogens is 2. The Balaban J connectivity index is 0.993. The van der Waals surface area contributed by atoms with E-state index in [4.69, 9.17) is 16.3 Å². The predicted octanol–water partition coefficient (Wildman–Crippen LogP) is 9.90. The van der Waals surface area contributed by atoms with Crippen LogP contribution in [0, 0.1) is 27.4 Å². The Morgan fingerprint density at radius 2 is 1.80 bits per heavy atom. The van der Waals surface area contributed by atoms with Crippen LogP contribution in [0.2, 0.25) is 5.02 Å². The van der Waals surface area contributed by atoms with Gasteiger partial charge in [-0.3, -0.25) is 19.8 Å². The van der Waals surface area contributed by atoms with Gasteiger partial charge in [-0.15, -0.1) is 0 Å². The number of H-pyrrole nitrogens is 1. The molecule has 17 heteroatoms. The summed E-state index contributed by atoms with van der Waals surface area (Å²) >= 11 is 6.25. The quantitative estimate of drug-likeness (QED) is 0.0804. The number of nitrogens with one attached hydrogen (secondary N) is 2. The third kappa shape index (κ3) is 10.9. The summed E-state index contributed by atoms with van der Waals surface area (Å²) < 4.78 is 53.4. The van der Waals surface area contributed by atoms with Gasteiger partial charge in [-0.25, -0.2) is 26.7 Å². The number of nitro groups is 1. The number of hydrogen-bond donors (Lipinski definition) is 2. The van der Waals surface area contributed by atoms with Crippen molar-refractivity contribution in [2.45, 2.75) is 71.1 Å². The maximum absolute atomic E-state index is 14.0. The van der Waals surface area contributed by atoms with Crippen LogP contribution in [0.4, 0.5) is 11.4 Å². The zero-order valence-corrected chi connectivity index (χ0v) is 40.3. The molecule has 1 aliphatic carbocycles. The first-order valence-electron chi connectivity index (χ1n) is 22.7. The number of carbonyl (C=O) groups excluding carboxylic acids is 1. The number of allylic oxidation sites excluding steroid dienone is 1. The fraction of sp³-hybridized carbons (Fsp3) is 0.429. The van der Waals surface area contributed by atoms with Gasteiger partial charge >= 0.3 is 0 Å². The molecule has 2 N–H and O–H groups in total. The van der Waals surface area contributed by atoms with E-state index in [0.29, 0.717) is 54.3 Å². The van der Waals surface area contributed by atoms with Crippen LogP contribution >= 0.6 is 11.6 Å². The molecule has 4 heterocycles. The average molecular weight is 957 g/mol. The molecule has 0 spiro atoms. The molecule has 0 bridgehead atoms. The van der Waals surface area contributed by atoms with Gasteiger partial charge in [0.05, 0.1) is 21.6 Å². The normalized spacial score (nSPS) is 20.8. The van der Waals surface area contributed by atoms with Crippen molar-refractivity contribution in [2.24, 2.45) is 21.6 Å². The van der Waals surface area contributed by atoms with Crippen LogP contribution in [0.1, 0.15) is 81.3 Å². The highest BCUT2D eigenvalue weighted by Gasteiger charge is 2.32. The Hall–Kier alpha value is -5.29. The summed E-state index contributed by atoms with van der Waals surface area (Å²) in [5.41, 5.74) is 5.78. The molecule has 8 rings (SSSR count). The summed E-state index contributed by atoms with van der Waals surface area (Å²) in [6.07, 6.45) is 8.22. The van der Waals surface area contributed by atoms with Crippen LogP contribution in [0.3, 0.4) is 0 Å². The number of hydrogen-bond acceptors (Lipinski definition) is 11. The van der Waals surface area contributed by atoms with Crippen molar-refractivity contribution in [3.63, 3.8) is 0 Å². The molecular weight excluding hydrogens is 898 g/mol. The van der Waals surface area contributed by atoms with Crippen LogP contribution in [0.25, 0.3) is 16.6 Å². The Morgan fingerprint density at radius 3 is 2.52 bits per heavy atom. The summed E-state index contributed by atoms with van der Waals surface area (Å²) in [7, 11) is -6.79. The Morgan fingerprint density at radius 1 is 1.06 bits per heavy atom. The molecule has 3 aliphatic rings. The van der Waals surface area contributed by atoms with E-state index in [1.165, 1.54) is 35.0 Å². The van der Waals surface area contributed by atoms with E-state index in [0.717, 1.165) is 74.1 Å². The number of rotatable bonds is 14. The largest absolute Gasteiger partial charge is 0.455 e. The molecule has 2 saturated heterocycles. The second kappa shape index (κ2) is 19.5. The van der Waals surface area contributed by atoms with Gasteiger partial charge in [0, 0.05) is 100 Å². The average Bonchev–Trinajstić information content (AvgIpc) is 3.76. The highest BCUT2D eigenvalue weighted by molar-refractivity contribution is 7.93. The number of aromatic amines is 1. The number of fused-ring (bicyclic) bond motifs is 1. The second-order valence-corrected chi connectivity index (χ2v) is 23.4. The summed E-state index contributed by atoms with van der Waals surface area (Å²) in [6.45, 7) is 13.0. The third-order valence-electron chi connectivity index (χ3n) is 13.5. The number of halogens is 1. The first-order valence-corrected chi connectivity index (χ1v) is 26.4. The lowest BCUT2D eigenvalue weighted by Gasteiger charge is -2.39. The molecule has 14 nitrogen and oxygen atoms in total. The topological polar surface area (TPSA) is 180 Å². The lowest BCUT2D eigenvalue weighted by molar-refractivity contribution is -0.385. The van der Waals surface area contributed by atoms with Crippen LogP contribution in [0.5, 0.6) is 11.5 Å². The van der Waals surface area contributed by atoms with Crippen molar-refractivity contribution in [3.05, 3.63) is 123 Å². The monoisotopic (exact) mass is 955 g/mol. The predicted molar refractivity (Wildman–Crippen MR) is 261 cm³/mol.